The zero-order chi connectivity index (χ0) is 15.4. The van der Waals surface area contributed by atoms with Gasteiger partial charge >= 0.3 is 0 Å². The van der Waals surface area contributed by atoms with Crippen molar-refractivity contribution in [3.63, 3.8) is 0 Å². The minimum absolute atomic E-state index is 0.123. The Hall–Kier alpha value is -1.78. The molecule has 0 spiro atoms. The molecule has 0 aliphatic rings. The molecule has 3 nitrogen and oxygen atoms in total. The highest BCUT2D eigenvalue weighted by Crippen LogP contribution is 2.23. The summed E-state index contributed by atoms with van der Waals surface area (Å²) >= 11 is 11.7. The van der Waals surface area contributed by atoms with Gasteiger partial charge in [-0.1, -0.05) is 29.3 Å². The zero-order valence-electron chi connectivity index (χ0n) is 11.1. The van der Waals surface area contributed by atoms with Crippen molar-refractivity contribution < 1.29 is 13.9 Å². The van der Waals surface area contributed by atoms with Crippen molar-refractivity contribution in [3.8, 4) is 5.75 Å². The van der Waals surface area contributed by atoms with E-state index in [1.165, 1.54) is 12.1 Å². The first-order chi connectivity index (χ1) is 9.95. The Morgan fingerprint density at radius 2 is 2.00 bits per heavy atom. The number of hydrogen-bond donors (Lipinski definition) is 1. The van der Waals surface area contributed by atoms with Gasteiger partial charge in [-0.15, -0.1) is 0 Å². The third-order valence-electron chi connectivity index (χ3n) is 2.67. The van der Waals surface area contributed by atoms with Crippen LogP contribution in [0.2, 0.25) is 10.0 Å². The first-order valence-corrected chi connectivity index (χ1v) is 6.89. The Kier molecular flexibility index (Phi) is 5.04. The third-order valence-corrected chi connectivity index (χ3v) is 3.21. The van der Waals surface area contributed by atoms with E-state index in [9.17, 15) is 9.18 Å². The van der Waals surface area contributed by atoms with E-state index < -0.39 is 17.8 Å². The Morgan fingerprint density at radius 3 is 2.67 bits per heavy atom. The van der Waals surface area contributed by atoms with Gasteiger partial charge in [-0.25, -0.2) is 4.39 Å². The van der Waals surface area contributed by atoms with E-state index in [4.69, 9.17) is 27.9 Å². The Balaban J connectivity index is 2.02. The summed E-state index contributed by atoms with van der Waals surface area (Å²) in [6, 6.07) is 10.5. The molecule has 1 amide bonds. The van der Waals surface area contributed by atoms with Gasteiger partial charge in [0.05, 0.1) is 10.7 Å². The molecule has 110 valence electrons. The predicted octanol–water partition coefficient (Wildman–Crippen LogP) is 4.54. The predicted molar refractivity (Wildman–Crippen MR) is 81.6 cm³/mol. The summed E-state index contributed by atoms with van der Waals surface area (Å²) in [6.45, 7) is 1.59. The Labute approximate surface area is 131 Å². The number of nitrogens with one attached hydrogen (secondary N) is 1. The SMILES string of the molecule is C[C@H](Oc1cccc(Cl)c1)C(=O)Nc1ccc(F)cc1Cl. The molecule has 0 heterocycles. The summed E-state index contributed by atoms with van der Waals surface area (Å²) in [5.41, 5.74) is 0.324. The number of carbonyl (C=O) groups excluding carboxylic acids is 1. The fraction of sp³-hybridized carbons (Fsp3) is 0.133. The standard InChI is InChI=1S/C15H12Cl2FNO2/c1-9(21-12-4-2-3-10(16)7-12)15(20)19-14-6-5-11(18)8-13(14)17/h2-9H,1H3,(H,19,20)/t9-/m0/s1. The molecule has 0 fully saturated rings. The Morgan fingerprint density at radius 1 is 1.24 bits per heavy atom. The van der Waals surface area contributed by atoms with Crippen molar-refractivity contribution >= 4 is 34.8 Å². The van der Waals surface area contributed by atoms with Crippen LogP contribution in [0.5, 0.6) is 5.75 Å². The minimum atomic E-state index is -0.760. The maximum absolute atomic E-state index is 12.9. The molecule has 2 rings (SSSR count). The van der Waals surface area contributed by atoms with Crippen molar-refractivity contribution in [1.29, 1.82) is 0 Å². The largest absolute Gasteiger partial charge is 0.481 e. The highest BCUT2D eigenvalue weighted by molar-refractivity contribution is 6.33. The molecule has 0 aliphatic carbocycles. The van der Waals surface area contributed by atoms with Crippen molar-refractivity contribution in [2.75, 3.05) is 5.32 Å². The molecule has 0 saturated carbocycles. The van der Waals surface area contributed by atoms with E-state index in [0.29, 0.717) is 16.5 Å². The number of anilines is 1. The second kappa shape index (κ2) is 6.78. The lowest BCUT2D eigenvalue weighted by Crippen LogP contribution is -2.30. The molecular formula is C15H12Cl2FNO2. The molecule has 6 heteroatoms. The van der Waals surface area contributed by atoms with Crippen LogP contribution in [0.1, 0.15) is 6.92 Å². The minimum Gasteiger partial charge on any atom is -0.481 e. The van der Waals surface area contributed by atoms with E-state index in [-0.39, 0.29) is 5.02 Å². The van der Waals surface area contributed by atoms with Crippen LogP contribution in [0.4, 0.5) is 10.1 Å². The van der Waals surface area contributed by atoms with E-state index in [2.05, 4.69) is 5.32 Å². The van der Waals surface area contributed by atoms with E-state index >= 15 is 0 Å². The fourth-order valence-corrected chi connectivity index (χ4v) is 2.02. The maximum atomic E-state index is 12.9. The average molecular weight is 328 g/mol. The second-order valence-corrected chi connectivity index (χ2v) is 5.17. The number of rotatable bonds is 4. The summed E-state index contributed by atoms with van der Waals surface area (Å²) in [5, 5.41) is 3.22. The molecular weight excluding hydrogens is 316 g/mol. The molecule has 21 heavy (non-hydrogen) atoms. The van der Waals surface area contributed by atoms with Gasteiger partial charge in [0.1, 0.15) is 11.6 Å². The van der Waals surface area contributed by atoms with Crippen LogP contribution in [0.3, 0.4) is 0 Å². The van der Waals surface area contributed by atoms with Gasteiger partial charge in [0, 0.05) is 5.02 Å². The normalized spacial score (nSPS) is 11.8. The topological polar surface area (TPSA) is 38.3 Å². The van der Waals surface area contributed by atoms with Crippen LogP contribution in [0, 0.1) is 5.82 Å². The fourth-order valence-electron chi connectivity index (χ4n) is 1.62. The van der Waals surface area contributed by atoms with Gasteiger partial charge in [-0.05, 0) is 43.3 Å². The molecule has 0 aliphatic heterocycles. The third kappa shape index (κ3) is 4.34. The number of amides is 1. The lowest BCUT2D eigenvalue weighted by Gasteiger charge is -2.15. The number of benzene rings is 2. The van der Waals surface area contributed by atoms with Crippen molar-refractivity contribution in [2.45, 2.75) is 13.0 Å². The van der Waals surface area contributed by atoms with Crippen molar-refractivity contribution in [1.82, 2.24) is 0 Å². The van der Waals surface area contributed by atoms with Crippen molar-refractivity contribution in [3.05, 3.63) is 58.3 Å². The summed E-state index contributed by atoms with van der Waals surface area (Å²) in [4.78, 5) is 12.0. The average Bonchev–Trinajstić information content (AvgIpc) is 2.41. The smallest absolute Gasteiger partial charge is 0.265 e. The summed E-state index contributed by atoms with van der Waals surface area (Å²) in [5.74, 6) is -0.389. The molecule has 0 radical (unpaired) electrons. The molecule has 0 aromatic heterocycles. The summed E-state index contributed by atoms with van der Waals surface area (Å²) in [6.07, 6.45) is -0.760. The molecule has 1 N–H and O–H groups in total. The van der Waals surface area contributed by atoms with Gasteiger partial charge in [-0.2, -0.15) is 0 Å². The van der Waals surface area contributed by atoms with Crippen molar-refractivity contribution in [2.24, 2.45) is 0 Å². The van der Waals surface area contributed by atoms with Crippen LogP contribution in [0.25, 0.3) is 0 Å². The zero-order valence-corrected chi connectivity index (χ0v) is 12.6. The van der Waals surface area contributed by atoms with Crippen LogP contribution in [-0.2, 0) is 4.79 Å². The van der Waals surface area contributed by atoms with Gasteiger partial charge in [-0.3, -0.25) is 4.79 Å². The first-order valence-electron chi connectivity index (χ1n) is 6.14. The number of ether oxygens (including phenoxy) is 1. The van der Waals surface area contributed by atoms with Gasteiger partial charge < -0.3 is 10.1 Å². The maximum Gasteiger partial charge on any atom is 0.265 e. The molecule has 1 atom stereocenters. The summed E-state index contributed by atoms with van der Waals surface area (Å²) in [7, 11) is 0. The highest BCUT2D eigenvalue weighted by Gasteiger charge is 2.16. The molecule has 0 unspecified atom stereocenters. The second-order valence-electron chi connectivity index (χ2n) is 4.33. The van der Waals surface area contributed by atoms with Gasteiger partial charge in [0.15, 0.2) is 6.10 Å². The van der Waals surface area contributed by atoms with E-state index in [1.807, 2.05) is 0 Å². The van der Waals surface area contributed by atoms with Crippen LogP contribution < -0.4 is 10.1 Å². The monoisotopic (exact) mass is 327 g/mol. The van der Waals surface area contributed by atoms with Crippen LogP contribution in [-0.4, -0.2) is 12.0 Å². The van der Waals surface area contributed by atoms with Gasteiger partial charge in [0.25, 0.3) is 5.91 Å². The number of carbonyl (C=O) groups is 1. The van der Waals surface area contributed by atoms with Gasteiger partial charge in [0.2, 0.25) is 0 Å². The lowest BCUT2D eigenvalue weighted by molar-refractivity contribution is -0.122. The van der Waals surface area contributed by atoms with E-state index in [1.54, 1.807) is 31.2 Å². The lowest BCUT2D eigenvalue weighted by atomic mass is 10.3. The number of hydrogen-bond acceptors (Lipinski definition) is 2. The summed E-state index contributed by atoms with van der Waals surface area (Å²) < 4.78 is 18.4. The van der Waals surface area contributed by atoms with Crippen LogP contribution in [0.15, 0.2) is 42.5 Å². The Bertz CT molecular complexity index is 664. The molecule has 2 aromatic carbocycles. The van der Waals surface area contributed by atoms with Crippen LogP contribution >= 0.6 is 23.2 Å². The van der Waals surface area contributed by atoms with E-state index in [0.717, 1.165) is 6.07 Å². The first kappa shape index (κ1) is 15.6. The molecule has 0 saturated heterocycles. The molecule has 0 bridgehead atoms. The highest BCUT2D eigenvalue weighted by atomic mass is 35.5. The number of halogens is 3. The quantitative estimate of drug-likeness (QED) is 0.895. The molecule has 2 aromatic rings.